The van der Waals surface area contributed by atoms with E-state index in [0.29, 0.717) is 30.3 Å². The van der Waals surface area contributed by atoms with Crippen LogP contribution < -0.4 is 5.32 Å². The first-order valence-corrected chi connectivity index (χ1v) is 6.98. The van der Waals surface area contributed by atoms with Crippen LogP contribution in [-0.4, -0.2) is 29.8 Å². The van der Waals surface area contributed by atoms with Gasteiger partial charge in [0.15, 0.2) is 0 Å². The number of amides is 2. The van der Waals surface area contributed by atoms with Gasteiger partial charge < -0.3 is 10.2 Å². The van der Waals surface area contributed by atoms with Crippen LogP contribution in [0.15, 0.2) is 24.3 Å². The normalized spacial score (nSPS) is 10.0. The molecule has 1 rings (SSSR count). The summed E-state index contributed by atoms with van der Waals surface area (Å²) in [6.45, 7) is 6.62. The zero-order chi connectivity index (χ0) is 15.8. The lowest BCUT2D eigenvalue weighted by Crippen LogP contribution is -2.34. The third-order valence-corrected chi connectivity index (χ3v) is 2.92. The van der Waals surface area contributed by atoms with Crippen molar-refractivity contribution in [3.05, 3.63) is 29.8 Å². The molecule has 5 heteroatoms. The molecule has 0 saturated heterocycles. The standard InChI is InChI=1S/C16H21N3O2/c1-12(2)11-19(13(3)20)8-7-16(21)18-15-6-4-5-14(9-15)10-17/h4-6,9,12H,7-8,11H2,1-3H3,(H,18,21). The smallest absolute Gasteiger partial charge is 0.226 e. The average molecular weight is 287 g/mol. The Morgan fingerprint density at radius 3 is 2.67 bits per heavy atom. The first-order valence-electron chi connectivity index (χ1n) is 6.98. The van der Waals surface area contributed by atoms with E-state index < -0.39 is 0 Å². The molecule has 0 saturated carbocycles. The Morgan fingerprint density at radius 1 is 1.38 bits per heavy atom. The zero-order valence-electron chi connectivity index (χ0n) is 12.7. The number of rotatable bonds is 6. The van der Waals surface area contributed by atoms with E-state index in [2.05, 4.69) is 5.32 Å². The number of nitrogens with one attached hydrogen (secondary N) is 1. The summed E-state index contributed by atoms with van der Waals surface area (Å²) in [7, 11) is 0. The molecule has 0 aliphatic carbocycles. The number of carbonyl (C=O) groups is 2. The lowest BCUT2D eigenvalue weighted by molar-refractivity contribution is -0.129. The van der Waals surface area contributed by atoms with Crippen LogP contribution >= 0.6 is 0 Å². The van der Waals surface area contributed by atoms with Crippen molar-refractivity contribution in [2.75, 3.05) is 18.4 Å². The van der Waals surface area contributed by atoms with Crippen LogP contribution in [0.2, 0.25) is 0 Å². The second kappa shape index (κ2) is 8.05. The Morgan fingerprint density at radius 2 is 2.10 bits per heavy atom. The molecule has 0 atom stereocenters. The molecular weight excluding hydrogens is 266 g/mol. The van der Waals surface area contributed by atoms with Gasteiger partial charge in [0, 0.05) is 32.1 Å². The molecule has 112 valence electrons. The number of nitrogens with zero attached hydrogens (tertiary/aromatic N) is 2. The van der Waals surface area contributed by atoms with Crippen LogP contribution in [-0.2, 0) is 9.59 Å². The molecule has 0 unspecified atom stereocenters. The van der Waals surface area contributed by atoms with Gasteiger partial charge in [0.2, 0.25) is 11.8 Å². The predicted octanol–water partition coefficient (Wildman–Crippen LogP) is 2.39. The van der Waals surface area contributed by atoms with E-state index in [0.717, 1.165) is 0 Å². The molecule has 0 radical (unpaired) electrons. The van der Waals surface area contributed by atoms with Crippen molar-refractivity contribution in [3.8, 4) is 6.07 Å². The van der Waals surface area contributed by atoms with Crippen LogP contribution in [0.25, 0.3) is 0 Å². The number of benzene rings is 1. The van der Waals surface area contributed by atoms with E-state index in [1.54, 1.807) is 29.2 Å². The van der Waals surface area contributed by atoms with E-state index in [4.69, 9.17) is 5.26 Å². The first kappa shape index (κ1) is 16.7. The number of hydrogen-bond acceptors (Lipinski definition) is 3. The summed E-state index contributed by atoms with van der Waals surface area (Å²) in [6, 6.07) is 8.77. The third kappa shape index (κ3) is 6.09. The van der Waals surface area contributed by atoms with Gasteiger partial charge in [0.25, 0.3) is 0 Å². The van der Waals surface area contributed by atoms with Crippen molar-refractivity contribution in [2.24, 2.45) is 5.92 Å². The van der Waals surface area contributed by atoms with Crippen molar-refractivity contribution < 1.29 is 9.59 Å². The van der Waals surface area contributed by atoms with E-state index in [9.17, 15) is 9.59 Å². The Kier molecular flexibility index (Phi) is 6.41. The molecule has 0 spiro atoms. The number of hydrogen-bond donors (Lipinski definition) is 1. The van der Waals surface area contributed by atoms with Crippen molar-refractivity contribution >= 4 is 17.5 Å². The summed E-state index contributed by atoms with van der Waals surface area (Å²) >= 11 is 0. The monoisotopic (exact) mass is 287 g/mol. The molecule has 1 N–H and O–H groups in total. The molecule has 1 aromatic rings. The highest BCUT2D eigenvalue weighted by Crippen LogP contribution is 2.10. The largest absolute Gasteiger partial charge is 0.342 e. The summed E-state index contributed by atoms with van der Waals surface area (Å²) < 4.78 is 0. The summed E-state index contributed by atoms with van der Waals surface area (Å²) in [5.74, 6) is 0.173. The maximum absolute atomic E-state index is 11.9. The minimum Gasteiger partial charge on any atom is -0.342 e. The van der Waals surface area contributed by atoms with Gasteiger partial charge in [-0.15, -0.1) is 0 Å². The zero-order valence-corrected chi connectivity index (χ0v) is 12.7. The highest BCUT2D eigenvalue weighted by molar-refractivity contribution is 5.91. The fourth-order valence-electron chi connectivity index (χ4n) is 1.94. The Labute approximate surface area is 125 Å². The molecule has 5 nitrogen and oxygen atoms in total. The minimum absolute atomic E-state index is 0.0250. The van der Waals surface area contributed by atoms with Crippen molar-refractivity contribution in [1.82, 2.24) is 4.90 Å². The van der Waals surface area contributed by atoms with Gasteiger partial charge in [-0.2, -0.15) is 5.26 Å². The molecule has 0 fully saturated rings. The third-order valence-electron chi connectivity index (χ3n) is 2.92. The van der Waals surface area contributed by atoms with Gasteiger partial charge >= 0.3 is 0 Å². The predicted molar refractivity (Wildman–Crippen MR) is 81.5 cm³/mol. The topological polar surface area (TPSA) is 73.2 Å². The maximum Gasteiger partial charge on any atom is 0.226 e. The first-order chi connectivity index (χ1) is 9.92. The Bertz CT molecular complexity index is 547. The maximum atomic E-state index is 11.9. The summed E-state index contributed by atoms with van der Waals surface area (Å²) in [5, 5.41) is 11.5. The van der Waals surface area contributed by atoms with Crippen molar-refractivity contribution in [3.63, 3.8) is 0 Å². The number of anilines is 1. The van der Waals surface area contributed by atoms with Gasteiger partial charge in [-0.25, -0.2) is 0 Å². The van der Waals surface area contributed by atoms with Crippen molar-refractivity contribution in [2.45, 2.75) is 27.2 Å². The van der Waals surface area contributed by atoms with Gasteiger partial charge in [0.05, 0.1) is 11.6 Å². The van der Waals surface area contributed by atoms with Crippen molar-refractivity contribution in [1.29, 1.82) is 5.26 Å². The van der Waals surface area contributed by atoms with E-state index in [-0.39, 0.29) is 18.2 Å². The lowest BCUT2D eigenvalue weighted by Gasteiger charge is -2.22. The molecule has 21 heavy (non-hydrogen) atoms. The second-order valence-corrected chi connectivity index (χ2v) is 5.35. The van der Waals surface area contributed by atoms with E-state index >= 15 is 0 Å². The molecular formula is C16H21N3O2. The minimum atomic E-state index is -0.167. The fraction of sp³-hybridized carbons (Fsp3) is 0.438. The van der Waals surface area contributed by atoms with Gasteiger partial charge in [0.1, 0.15) is 0 Å². The number of nitriles is 1. The van der Waals surface area contributed by atoms with E-state index in [1.807, 2.05) is 19.9 Å². The average Bonchev–Trinajstić information content (AvgIpc) is 2.43. The molecule has 2 amide bonds. The summed E-state index contributed by atoms with van der Waals surface area (Å²) in [5.41, 5.74) is 1.09. The molecule has 0 aromatic heterocycles. The summed E-state index contributed by atoms with van der Waals surface area (Å²) in [6.07, 6.45) is 0.239. The Balaban J connectivity index is 2.53. The highest BCUT2D eigenvalue weighted by Gasteiger charge is 2.12. The van der Waals surface area contributed by atoms with Crippen LogP contribution in [0.3, 0.4) is 0 Å². The molecule has 0 heterocycles. The SMILES string of the molecule is CC(=O)N(CCC(=O)Nc1cccc(C#N)c1)CC(C)C. The lowest BCUT2D eigenvalue weighted by atomic mass is 10.2. The van der Waals surface area contributed by atoms with Crippen LogP contribution in [0.5, 0.6) is 0 Å². The van der Waals surface area contributed by atoms with Gasteiger partial charge in [-0.1, -0.05) is 19.9 Å². The molecule has 1 aromatic carbocycles. The molecule has 0 aliphatic rings. The van der Waals surface area contributed by atoms with E-state index in [1.165, 1.54) is 6.92 Å². The highest BCUT2D eigenvalue weighted by atomic mass is 16.2. The second-order valence-electron chi connectivity index (χ2n) is 5.35. The van der Waals surface area contributed by atoms with Gasteiger partial charge in [-0.05, 0) is 24.1 Å². The Hall–Kier alpha value is -2.35. The number of carbonyl (C=O) groups excluding carboxylic acids is 2. The fourth-order valence-corrected chi connectivity index (χ4v) is 1.94. The van der Waals surface area contributed by atoms with Crippen LogP contribution in [0, 0.1) is 17.2 Å². The van der Waals surface area contributed by atoms with Crippen LogP contribution in [0.4, 0.5) is 5.69 Å². The van der Waals surface area contributed by atoms with Gasteiger partial charge in [-0.3, -0.25) is 9.59 Å². The quantitative estimate of drug-likeness (QED) is 0.873. The summed E-state index contributed by atoms with van der Waals surface area (Å²) in [4.78, 5) is 25.1. The van der Waals surface area contributed by atoms with Crippen LogP contribution in [0.1, 0.15) is 32.8 Å². The molecule has 0 bridgehead atoms. The molecule has 0 aliphatic heterocycles.